The minimum atomic E-state index is -0.943. The van der Waals surface area contributed by atoms with Crippen LogP contribution in [0.25, 0.3) is 33.4 Å². The number of carbonyl (C=O) groups is 2. The lowest BCUT2D eigenvalue weighted by atomic mass is 9.84. The number of carbonyl (C=O) groups excluding carboxylic acids is 1. The first-order chi connectivity index (χ1) is 15.9. The SMILES string of the molecule is Cc1ccc(-c2cc(-c3ccc(OC=O)cc3)c(C)c(-c3ccc(C(=O)O)cc3)c2C)cc1. The van der Waals surface area contributed by atoms with E-state index in [1.165, 1.54) is 5.56 Å². The fourth-order valence-electron chi connectivity index (χ4n) is 4.23. The summed E-state index contributed by atoms with van der Waals surface area (Å²) >= 11 is 0. The van der Waals surface area contributed by atoms with E-state index in [2.05, 4.69) is 51.1 Å². The van der Waals surface area contributed by atoms with Crippen LogP contribution in [0, 0.1) is 20.8 Å². The van der Waals surface area contributed by atoms with E-state index in [9.17, 15) is 14.7 Å². The topological polar surface area (TPSA) is 63.6 Å². The number of carboxylic acid groups (broad SMARTS) is 1. The van der Waals surface area contributed by atoms with Crippen LogP contribution in [0.2, 0.25) is 0 Å². The fourth-order valence-corrected chi connectivity index (χ4v) is 4.23. The molecule has 0 unspecified atom stereocenters. The van der Waals surface area contributed by atoms with Crippen molar-refractivity contribution in [3.05, 3.63) is 101 Å². The summed E-state index contributed by atoms with van der Waals surface area (Å²) in [4.78, 5) is 22.0. The summed E-state index contributed by atoms with van der Waals surface area (Å²) < 4.78 is 4.95. The molecule has 164 valence electrons. The highest BCUT2D eigenvalue weighted by atomic mass is 16.5. The molecule has 4 heteroatoms. The van der Waals surface area contributed by atoms with Gasteiger partial charge in [0.2, 0.25) is 0 Å². The van der Waals surface area contributed by atoms with Crippen LogP contribution in [0.1, 0.15) is 27.0 Å². The van der Waals surface area contributed by atoms with E-state index in [-0.39, 0.29) is 5.56 Å². The Kier molecular flexibility index (Phi) is 6.09. The van der Waals surface area contributed by atoms with Gasteiger partial charge in [0.15, 0.2) is 0 Å². The first kappa shape index (κ1) is 22.0. The number of carboxylic acids is 1. The summed E-state index contributed by atoms with van der Waals surface area (Å²) in [5, 5.41) is 9.29. The van der Waals surface area contributed by atoms with Gasteiger partial charge < -0.3 is 9.84 Å². The van der Waals surface area contributed by atoms with Crippen molar-refractivity contribution in [2.24, 2.45) is 0 Å². The Labute approximate surface area is 193 Å². The molecule has 0 spiro atoms. The van der Waals surface area contributed by atoms with E-state index in [1.807, 2.05) is 24.3 Å². The molecule has 4 aromatic carbocycles. The van der Waals surface area contributed by atoms with Crippen molar-refractivity contribution in [3.63, 3.8) is 0 Å². The number of rotatable bonds is 6. The Morgan fingerprint density at radius 3 is 1.70 bits per heavy atom. The van der Waals surface area contributed by atoms with Gasteiger partial charge in [-0.2, -0.15) is 0 Å². The molecule has 0 aliphatic heterocycles. The Morgan fingerprint density at radius 2 is 1.21 bits per heavy atom. The molecule has 0 aliphatic rings. The molecule has 0 heterocycles. The summed E-state index contributed by atoms with van der Waals surface area (Å²) in [7, 11) is 0. The lowest BCUT2D eigenvalue weighted by molar-refractivity contribution is -0.120. The van der Waals surface area contributed by atoms with Crippen LogP contribution in [0.4, 0.5) is 0 Å². The third-order valence-electron chi connectivity index (χ3n) is 5.98. The van der Waals surface area contributed by atoms with E-state index in [4.69, 9.17) is 4.74 Å². The Hall–Kier alpha value is -4.18. The lowest BCUT2D eigenvalue weighted by Crippen LogP contribution is -1.98. The maximum Gasteiger partial charge on any atom is 0.335 e. The maximum atomic E-state index is 11.3. The summed E-state index contributed by atoms with van der Waals surface area (Å²) in [6.45, 7) is 6.67. The van der Waals surface area contributed by atoms with Crippen molar-refractivity contribution in [2.75, 3.05) is 0 Å². The van der Waals surface area contributed by atoms with Crippen LogP contribution in [0.5, 0.6) is 5.75 Å². The predicted octanol–water partition coefficient (Wildman–Crippen LogP) is 6.85. The van der Waals surface area contributed by atoms with Crippen molar-refractivity contribution >= 4 is 12.4 Å². The lowest BCUT2D eigenvalue weighted by Gasteiger charge is -2.20. The molecule has 0 atom stereocenters. The molecule has 0 aliphatic carbocycles. The second-order valence-electron chi connectivity index (χ2n) is 8.08. The van der Waals surface area contributed by atoms with E-state index in [0.717, 1.165) is 44.5 Å². The second kappa shape index (κ2) is 9.13. The van der Waals surface area contributed by atoms with Crippen LogP contribution in [-0.2, 0) is 4.79 Å². The molecule has 0 saturated heterocycles. The Morgan fingerprint density at radius 1 is 0.727 bits per heavy atom. The van der Waals surface area contributed by atoms with Crippen LogP contribution >= 0.6 is 0 Å². The molecule has 0 bridgehead atoms. The van der Waals surface area contributed by atoms with Crippen LogP contribution in [0.15, 0.2) is 78.9 Å². The van der Waals surface area contributed by atoms with Gasteiger partial charge in [-0.1, -0.05) is 54.1 Å². The highest BCUT2D eigenvalue weighted by molar-refractivity contribution is 5.91. The van der Waals surface area contributed by atoms with Gasteiger partial charge >= 0.3 is 5.97 Å². The molecule has 1 N–H and O–H groups in total. The zero-order valence-corrected chi connectivity index (χ0v) is 18.8. The van der Waals surface area contributed by atoms with E-state index in [0.29, 0.717) is 12.2 Å². The Bertz CT molecular complexity index is 1320. The number of hydrogen-bond acceptors (Lipinski definition) is 3. The Balaban J connectivity index is 1.95. The summed E-state index contributed by atoms with van der Waals surface area (Å²) in [6.07, 6.45) is 0. The minimum absolute atomic E-state index is 0.259. The number of benzene rings is 4. The standard InChI is InChI=1S/C29H24O4/c1-18-4-6-21(7-5-18)26-16-27(22-12-14-25(15-13-22)33-17-30)20(3)28(19(26)2)23-8-10-24(11-9-23)29(31)32/h4-17H,1-3H3,(H,31,32). The molecule has 33 heavy (non-hydrogen) atoms. The zero-order chi connectivity index (χ0) is 23.5. The quantitative estimate of drug-likeness (QED) is 0.336. The van der Waals surface area contributed by atoms with Gasteiger partial charge in [-0.05, 0) is 95.6 Å². The molecule has 0 radical (unpaired) electrons. The normalized spacial score (nSPS) is 10.6. The van der Waals surface area contributed by atoms with Crippen molar-refractivity contribution in [1.82, 2.24) is 0 Å². The first-order valence-corrected chi connectivity index (χ1v) is 10.6. The van der Waals surface area contributed by atoms with Crippen LogP contribution < -0.4 is 4.74 Å². The third-order valence-corrected chi connectivity index (χ3v) is 5.98. The molecule has 0 saturated carbocycles. The summed E-state index contributed by atoms with van der Waals surface area (Å²) in [5.41, 5.74) is 10.0. The molecule has 4 nitrogen and oxygen atoms in total. The van der Waals surface area contributed by atoms with E-state index < -0.39 is 5.97 Å². The fraction of sp³-hybridized carbons (Fsp3) is 0.103. The van der Waals surface area contributed by atoms with Gasteiger partial charge in [-0.3, -0.25) is 4.79 Å². The smallest absolute Gasteiger partial charge is 0.335 e. The number of hydrogen-bond donors (Lipinski definition) is 1. The molecular formula is C29H24O4. The van der Waals surface area contributed by atoms with Crippen molar-refractivity contribution in [3.8, 4) is 39.1 Å². The molecular weight excluding hydrogens is 412 g/mol. The first-order valence-electron chi connectivity index (χ1n) is 10.6. The van der Waals surface area contributed by atoms with Gasteiger partial charge in [0, 0.05) is 0 Å². The molecule has 0 fully saturated rings. The van der Waals surface area contributed by atoms with E-state index in [1.54, 1.807) is 24.3 Å². The predicted molar refractivity (Wildman–Crippen MR) is 131 cm³/mol. The monoisotopic (exact) mass is 436 g/mol. The van der Waals surface area contributed by atoms with Crippen molar-refractivity contribution < 1.29 is 19.4 Å². The highest BCUT2D eigenvalue weighted by Crippen LogP contribution is 2.40. The molecule has 0 aromatic heterocycles. The number of aromatic carboxylic acids is 1. The van der Waals surface area contributed by atoms with Crippen molar-refractivity contribution in [2.45, 2.75) is 20.8 Å². The van der Waals surface area contributed by atoms with Crippen molar-refractivity contribution in [1.29, 1.82) is 0 Å². The molecule has 4 aromatic rings. The van der Waals surface area contributed by atoms with Gasteiger partial charge in [0.05, 0.1) is 5.56 Å². The number of aryl methyl sites for hydroxylation is 1. The zero-order valence-electron chi connectivity index (χ0n) is 18.8. The van der Waals surface area contributed by atoms with Crippen LogP contribution in [-0.4, -0.2) is 17.5 Å². The van der Waals surface area contributed by atoms with Gasteiger partial charge in [0.1, 0.15) is 5.75 Å². The molecule has 4 rings (SSSR count). The van der Waals surface area contributed by atoms with Gasteiger partial charge in [0.25, 0.3) is 6.47 Å². The maximum absolute atomic E-state index is 11.3. The average Bonchev–Trinajstić information content (AvgIpc) is 2.81. The third kappa shape index (κ3) is 4.41. The highest BCUT2D eigenvalue weighted by Gasteiger charge is 2.17. The van der Waals surface area contributed by atoms with Gasteiger partial charge in [-0.25, -0.2) is 4.79 Å². The van der Waals surface area contributed by atoms with Crippen LogP contribution in [0.3, 0.4) is 0 Å². The minimum Gasteiger partial charge on any atom is -0.478 e. The number of ether oxygens (including phenoxy) is 1. The van der Waals surface area contributed by atoms with E-state index >= 15 is 0 Å². The summed E-state index contributed by atoms with van der Waals surface area (Å²) in [6, 6.07) is 25.1. The second-order valence-corrected chi connectivity index (χ2v) is 8.08. The van der Waals surface area contributed by atoms with Gasteiger partial charge in [-0.15, -0.1) is 0 Å². The average molecular weight is 437 g/mol. The summed E-state index contributed by atoms with van der Waals surface area (Å²) in [5.74, 6) is -0.455. The largest absolute Gasteiger partial charge is 0.478 e. The molecule has 0 amide bonds.